The molecule has 1 aromatic heterocycles. The summed E-state index contributed by atoms with van der Waals surface area (Å²) in [5, 5.41) is 3.25. The van der Waals surface area contributed by atoms with Crippen molar-refractivity contribution in [3.63, 3.8) is 0 Å². The lowest BCUT2D eigenvalue weighted by Crippen LogP contribution is -2.25. The highest BCUT2D eigenvalue weighted by atomic mass is 32.1. The van der Waals surface area contributed by atoms with Crippen LogP contribution in [0.5, 0.6) is 16.7 Å². The van der Waals surface area contributed by atoms with Gasteiger partial charge >= 0.3 is 0 Å². The summed E-state index contributed by atoms with van der Waals surface area (Å²) in [6.45, 7) is 1.13. The van der Waals surface area contributed by atoms with Gasteiger partial charge in [0.1, 0.15) is 0 Å². The first-order chi connectivity index (χ1) is 14.2. The van der Waals surface area contributed by atoms with E-state index < -0.39 is 0 Å². The van der Waals surface area contributed by atoms with Crippen molar-refractivity contribution in [2.24, 2.45) is 0 Å². The molecule has 0 atom stereocenters. The first-order valence-electron chi connectivity index (χ1n) is 9.19. The van der Waals surface area contributed by atoms with Gasteiger partial charge in [0.05, 0.1) is 7.11 Å². The smallest absolute Gasteiger partial charge is 0.298 e. The van der Waals surface area contributed by atoms with Crippen LogP contribution in [0.3, 0.4) is 0 Å². The number of carbonyl (C=O) groups is 1. The van der Waals surface area contributed by atoms with E-state index in [0.29, 0.717) is 47.7 Å². The molecule has 7 nitrogen and oxygen atoms in total. The molecule has 1 heterocycles. The van der Waals surface area contributed by atoms with Crippen molar-refractivity contribution in [2.75, 3.05) is 27.4 Å². The maximum atomic E-state index is 12.3. The molecule has 0 aliphatic rings. The van der Waals surface area contributed by atoms with Gasteiger partial charge in [-0.25, -0.2) is 0 Å². The second kappa shape index (κ2) is 10.5. The molecule has 1 amide bonds. The average Bonchev–Trinajstić information content (AvgIpc) is 3.18. The molecular weight excluding hydrogens is 390 g/mol. The summed E-state index contributed by atoms with van der Waals surface area (Å²) < 4.78 is 20.6. The summed E-state index contributed by atoms with van der Waals surface area (Å²) >= 11 is 1.16. The third-order valence-corrected chi connectivity index (χ3v) is 4.72. The molecule has 152 valence electrons. The molecule has 0 saturated heterocycles. The molecule has 0 fully saturated rings. The Balaban J connectivity index is 1.68. The van der Waals surface area contributed by atoms with E-state index in [0.717, 1.165) is 23.5 Å². The van der Waals surface area contributed by atoms with Crippen LogP contribution in [0.4, 0.5) is 0 Å². The van der Waals surface area contributed by atoms with E-state index in [4.69, 9.17) is 14.2 Å². The van der Waals surface area contributed by atoms with Crippen LogP contribution >= 0.6 is 11.5 Å². The molecule has 0 aliphatic heterocycles. The first-order valence-corrected chi connectivity index (χ1v) is 9.96. The van der Waals surface area contributed by atoms with Crippen LogP contribution in [0.2, 0.25) is 0 Å². The SMILES string of the molecule is COCCCNC(=O)c1ccc(OC)c(Oc2nc(Cc3ccccc3)ns2)c1. The highest BCUT2D eigenvalue weighted by Gasteiger charge is 2.14. The monoisotopic (exact) mass is 413 g/mol. The van der Waals surface area contributed by atoms with Crippen LogP contribution in [0.25, 0.3) is 0 Å². The second-order valence-corrected chi connectivity index (χ2v) is 6.92. The molecule has 3 rings (SSSR count). The number of nitrogens with one attached hydrogen (secondary N) is 1. The van der Waals surface area contributed by atoms with Crippen molar-refractivity contribution in [3.8, 4) is 16.7 Å². The minimum atomic E-state index is -0.185. The largest absolute Gasteiger partial charge is 0.493 e. The summed E-state index contributed by atoms with van der Waals surface area (Å²) in [4.78, 5) is 16.8. The van der Waals surface area contributed by atoms with Crippen molar-refractivity contribution in [1.29, 1.82) is 0 Å². The van der Waals surface area contributed by atoms with Gasteiger partial charge in [0.2, 0.25) is 0 Å². The summed E-state index contributed by atoms with van der Waals surface area (Å²) in [5.74, 6) is 1.43. The molecule has 29 heavy (non-hydrogen) atoms. The van der Waals surface area contributed by atoms with E-state index >= 15 is 0 Å². The van der Waals surface area contributed by atoms with Gasteiger partial charge in [0.15, 0.2) is 17.3 Å². The molecule has 1 N–H and O–H groups in total. The fourth-order valence-corrected chi connectivity index (χ4v) is 3.20. The van der Waals surface area contributed by atoms with E-state index in [2.05, 4.69) is 14.7 Å². The van der Waals surface area contributed by atoms with Crippen molar-refractivity contribution in [2.45, 2.75) is 12.8 Å². The van der Waals surface area contributed by atoms with Gasteiger partial charge in [0.25, 0.3) is 11.1 Å². The van der Waals surface area contributed by atoms with Crippen molar-refractivity contribution < 1.29 is 19.0 Å². The van der Waals surface area contributed by atoms with Gasteiger partial charge in [-0.3, -0.25) is 4.79 Å². The number of hydrogen-bond acceptors (Lipinski definition) is 7. The van der Waals surface area contributed by atoms with Crippen molar-refractivity contribution in [1.82, 2.24) is 14.7 Å². The van der Waals surface area contributed by atoms with Crippen LogP contribution in [0, 0.1) is 0 Å². The van der Waals surface area contributed by atoms with Crippen LogP contribution in [-0.4, -0.2) is 42.6 Å². The van der Waals surface area contributed by atoms with E-state index in [9.17, 15) is 4.79 Å². The Hall–Kier alpha value is -2.97. The predicted octanol–water partition coefficient (Wildman–Crippen LogP) is 3.70. The number of carbonyl (C=O) groups excluding carboxylic acids is 1. The molecule has 0 saturated carbocycles. The number of amides is 1. The lowest BCUT2D eigenvalue weighted by atomic mass is 10.1. The lowest BCUT2D eigenvalue weighted by Gasteiger charge is -2.10. The molecule has 2 aromatic carbocycles. The van der Waals surface area contributed by atoms with Gasteiger partial charge < -0.3 is 19.5 Å². The summed E-state index contributed by atoms with van der Waals surface area (Å²) in [7, 11) is 3.18. The number of benzene rings is 2. The van der Waals surface area contributed by atoms with Gasteiger partial charge in [-0.2, -0.15) is 9.36 Å². The number of nitrogens with zero attached hydrogens (tertiary/aromatic N) is 2. The first kappa shape index (κ1) is 20.8. The Morgan fingerprint density at radius 3 is 2.69 bits per heavy atom. The Kier molecular flexibility index (Phi) is 7.54. The zero-order valence-electron chi connectivity index (χ0n) is 16.4. The fourth-order valence-electron chi connectivity index (χ4n) is 2.64. The Morgan fingerprint density at radius 2 is 1.93 bits per heavy atom. The van der Waals surface area contributed by atoms with Crippen LogP contribution in [0.15, 0.2) is 48.5 Å². The molecule has 0 bridgehead atoms. The second-order valence-electron chi connectivity index (χ2n) is 6.21. The van der Waals surface area contributed by atoms with Gasteiger partial charge in [-0.1, -0.05) is 30.3 Å². The number of hydrogen-bond donors (Lipinski definition) is 1. The van der Waals surface area contributed by atoms with Gasteiger partial charge in [0, 0.05) is 43.8 Å². The molecule has 0 radical (unpaired) electrons. The standard InChI is InChI=1S/C21H23N3O4S/c1-26-12-6-11-22-20(25)16-9-10-17(27-2)18(14-16)28-21-23-19(24-29-21)13-15-7-4-3-5-8-15/h3-5,7-10,14H,6,11-13H2,1-2H3,(H,22,25). The normalized spacial score (nSPS) is 10.6. The van der Waals surface area contributed by atoms with Crippen LogP contribution in [-0.2, 0) is 11.2 Å². The zero-order chi connectivity index (χ0) is 20.5. The summed E-state index contributed by atoms with van der Waals surface area (Å²) in [5.41, 5.74) is 1.61. The maximum Gasteiger partial charge on any atom is 0.298 e. The Morgan fingerprint density at radius 1 is 1.10 bits per heavy atom. The van der Waals surface area contributed by atoms with E-state index in [-0.39, 0.29) is 5.91 Å². The third-order valence-electron chi connectivity index (χ3n) is 4.09. The summed E-state index contributed by atoms with van der Waals surface area (Å²) in [6.07, 6.45) is 1.37. The number of ether oxygens (including phenoxy) is 3. The average molecular weight is 413 g/mol. The lowest BCUT2D eigenvalue weighted by molar-refractivity contribution is 0.0948. The van der Waals surface area contributed by atoms with Crippen molar-refractivity contribution in [3.05, 3.63) is 65.5 Å². The molecular formula is C21H23N3O4S. The van der Waals surface area contributed by atoms with Crippen LogP contribution < -0.4 is 14.8 Å². The molecule has 0 aliphatic carbocycles. The van der Waals surface area contributed by atoms with Crippen molar-refractivity contribution >= 4 is 17.4 Å². The Labute approximate surface area is 173 Å². The molecule has 8 heteroatoms. The minimum absolute atomic E-state index is 0.185. The topological polar surface area (TPSA) is 82.6 Å². The van der Waals surface area contributed by atoms with Gasteiger partial charge in [-0.15, -0.1) is 0 Å². The van der Waals surface area contributed by atoms with E-state index in [1.807, 2.05) is 30.3 Å². The number of rotatable bonds is 10. The molecule has 0 spiro atoms. The van der Waals surface area contributed by atoms with E-state index in [1.54, 1.807) is 32.4 Å². The Bertz CT molecular complexity index is 931. The minimum Gasteiger partial charge on any atom is -0.493 e. The number of aromatic nitrogens is 2. The highest BCUT2D eigenvalue weighted by Crippen LogP contribution is 2.33. The zero-order valence-corrected chi connectivity index (χ0v) is 17.2. The molecule has 3 aromatic rings. The number of methoxy groups -OCH3 is 2. The highest BCUT2D eigenvalue weighted by molar-refractivity contribution is 7.07. The predicted molar refractivity (Wildman–Crippen MR) is 111 cm³/mol. The van der Waals surface area contributed by atoms with E-state index in [1.165, 1.54) is 0 Å². The third kappa shape index (κ3) is 6.00. The van der Waals surface area contributed by atoms with Gasteiger partial charge in [-0.05, 0) is 30.2 Å². The fraction of sp³-hybridized carbons (Fsp3) is 0.286. The van der Waals surface area contributed by atoms with Crippen LogP contribution in [0.1, 0.15) is 28.2 Å². The summed E-state index contributed by atoms with van der Waals surface area (Å²) in [6, 6.07) is 15.0. The maximum absolute atomic E-state index is 12.3. The molecule has 0 unspecified atom stereocenters. The quantitative estimate of drug-likeness (QED) is 0.511.